The highest BCUT2D eigenvalue weighted by Crippen LogP contribution is 2.38. The molecule has 10 nitrogen and oxygen atoms in total. The molecule has 54 heavy (non-hydrogen) atoms. The van der Waals surface area contributed by atoms with Crippen molar-refractivity contribution in [2.75, 3.05) is 37.7 Å². The van der Waals surface area contributed by atoms with Gasteiger partial charge in [0.2, 0.25) is 5.82 Å². The van der Waals surface area contributed by atoms with Crippen LogP contribution in [0.4, 0.5) is 17.2 Å². The first-order valence-electron chi connectivity index (χ1n) is 18.4. The van der Waals surface area contributed by atoms with E-state index in [9.17, 15) is 10.1 Å². The van der Waals surface area contributed by atoms with E-state index in [0.29, 0.717) is 32.0 Å². The van der Waals surface area contributed by atoms with Crippen LogP contribution in [0.15, 0.2) is 121 Å². The summed E-state index contributed by atoms with van der Waals surface area (Å²) in [4.78, 5) is 19.0. The maximum absolute atomic E-state index is 12.8. The summed E-state index contributed by atoms with van der Waals surface area (Å²) >= 11 is 0. The minimum absolute atomic E-state index is 0.0725. The van der Waals surface area contributed by atoms with Crippen LogP contribution >= 0.6 is 0 Å². The van der Waals surface area contributed by atoms with Crippen LogP contribution in [0.3, 0.4) is 0 Å². The monoisotopic (exact) mass is 746 g/mol. The standard InChI is InChI=1S/C43H50N4O6Si/c1-43(2,3)54(38-12-8-6-9-13-38,39-14-10-7-11-15-39)53-31-37-25-20-34(30-52-37)45-40-26-27-44-42(41(40)47(48)49)46(28-32-16-21-35(50-4)22-17-32)29-33-18-23-36(51-5)24-19-33/h6-19,21-24,26-27,34,37H,20,25,28-31H2,1-5H3,(H,44,45). The van der Waals surface area contributed by atoms with Crippen LogP contribution < -0.4 is 30.1 Å². The van der Waals surface area contributed by atoms with E-state index >= 15 is 0 Å². The van der Waals surface area contributed by atoms with Gasteiger partial charge in [0.25, 0.3) is 8.32 Å². The molecule has 1 aliphatic rings. The van der Waals surface area contributed by atoms with E-state index in [-0.39, 0.29) is 33.6 Å². The Balaban J connectivity index is 1.19. The fourth-order valence-electron chi connectivity index (χ4n) is 7.33. The molecular weight excluding hydrogens is 697 g/mol. The Labute approximate surface area is 319 Å². The highest BCUT2D eigenvalue weighted by Gasteiger charge is 2.50. The highest BCUT2D eigenvalue weighted by atomic mass is 28.4. The van der Waals surface area contributed by atoms with Gasteiger partial charge < -0.3 is 28.9 Å². The zero-order valence-corrected chi connectivity index (χ0v) is 32.7. The lowest BCUT2D eigenvalue weighted by Crippen LogP contribution is -2.67. The van der Waals surface area contributed by atoms with Crippen molar-refractivity contribution in [2.45, 2.75) is 63.9 Å². The van der Waals surface area contributed by atoms with E-state index in [1.54, 1.807) is 26.5 Å². The summed E-state index contributed by atoms with van der Waals surface area (Å²) < 4.78 is 24.3. The molecule has 0 radical (unpaired) electrons. The number of nitro groups is 1. The summed E-state index contributed by atoms with van der Waals surface area (Å²) in [5.41, 5.74) is 2.27. The molecule has 0 spiro atoms. The predicted molar refractivity (Wildman–Crippen MR) is 217 cm³/mol. The van der Waals surface area contributed by atoms with Gasteiger partial charge in [0.15, 0.2) is 0 Å². The molecule has 1 fully saturated rings. The Bertz CT molecular complexity index is 1860. The van der Waals surface area contributed by atoms with Crippen molar-refractivity contribution in [1.29, 1.82) is 0 Å². The SMILES string of the molecule is COc1ccc(CN(Cc2ccc(OC)cc2)c2nccc(NC3CCC(CO[Si](c4ccccc4)(c4ccccc4)C(C)(C)C)OC3)c2[N+](=O)[O-])cc1. The van der Waals surface area contributed by atoms with Crippen molar-refractivity contribution in [3.63, 3.8) is 0 Å². The molecular formula is C43H50N4O6Si. The third-order valence-electron chi connectivity index (χ3n) is 10.1. The average Bonchev–Trinajstić information content (AvgIpc) is 3.19. The molecule has 1 N–H and O–H groups in total. The molecule has 2 atom stereocenters. The van der Waals surface area contributed by atoms with Gasteiger partial charge in [-0.15, -0.1) is 0 Å². The first kappa shape index (κ1) is 38.5. The van der Waals surface area contributed by atoms with Crippen LogP contribution in [0.5, 0.6) is 11.5 Å². The third-order valence-corrected chi connectivity index (χ3v) is 15.1. The average molecular weight is 747 g/mol. The second-order valence-electron chi connectivity index (χ2n) is 14.7. The Hall–Kier alpha value is -5.23. The summed E-state index contributed by atoms with van der Waals surface area (Å²) in [5.74, 6) is 1.76. The molecule has 282 valence electrons. The minimum Gasteiger partial charge on any atom is -0.497 e. The van der Waals surface area contributed by atoms with E-state index in [4.69, 9.17) is 18.6 Å². The first-order valence-corrected chi connectivity index (χ1v) is 20.3. The predicted octanol–water partition coefficient (Wildman–Crippen LogP) is 7.75. The normalized spacial score (nSPS) is 16.0. The molecule has 5 aromatic rings. The number of rotatable bonds is 15. The zero-order valence-electron chi connectivity index (χ0n) is 31.7. The molecule has 1 saturated heterocycles. The molecule has 0 saturated carbocycles. The van der Waals surface area contributed by atoms with E-state index < -0.39 is 8.32 Å². The van der Waals surface area contributed by atoms with E-state index in [0.717, 1.165) is 35.5 Å². The maximum atomic E-state index is 12.8. The molecule has 11 heteroatoms. The van der Waals surface area contributed by atoms with Crippen LogP contribution in [-0.2, 0) is 22.3 Å². The fraction of sp³-hybridized carbons (Fsp3) is 0.326. The highest BCUT2D eigenvalue weighted by molar-refractivity contribution is 6.99. The number of hydrogen-bond donors (Lipinski definition) is 1. The molecule has 2 heterocycles. The first-order chi connectivity index (χ1) is 26.1. The summed E-state index contributed by atoms with van der Waals surface area (Å²) in [6.45, 7) is 8.46. The molecule has 0 bridgehead atoms. The van der Waals surface area contributed by atoms with Gasteiger partial charge in [0.05, 0.1) is 38.5 Å². The van der Waals surface area contributed by atoms with E-state index in [2.05, 4.69) is 79.6 Å². The molecule has 6 rings (SSSR count). The number of ether oxygens (including phenoxy) is 3. The van der Waals surface area contributed by atoms with Crippen molar-refractivity contribution in [3.05, 3.63) is 143 Å². The van der Waals surface area contributed by atoms with Crippen LogP contribution in [0.1, 0.15) is 44.7 Å². The molecule has 2 unspecified atom stereocenters. The molecule has 4 aromatic carbocycles. The number of anilines is 2. The van der Waals surface area contributed by atoms with Gasteiger partial charge in [-0.3, -0.25) is 10.1 Å². The van der Waals surface area contributed by atoms with Crippen LogP contribution in [0.25, 0.3) is 0 Å². The van der Waals surface area contributed by atoms with Gasteiger partial charge in [-0.2, -0.15) is 0 Å². The van der Waals surface area contributed by atoms with Crippen LogP contribution in [0.2, 0.25) is 5.04 Å². The van der Waals surface area contributed by atoms with Crippen LogP contribution in [-0.4, -0.2) is 57.8 Å². The lowest BCUT2D eigenvalue weighted by molar-refractivity contribution is -0.383. The van der Waals surface area contributed by atoms with Crippen molar-refractivity contribution < 1.29 is 23.6 Å². The summed E-state index contributed by atoms with van der Waals surface area (Å²) in [5, 5.41) is 18.6. The number of nitrogens with one attached hydrogen (secondary N) is 1. The number of pyridine rings is 1. The quantitative estimate of drug-likeness (QED) is 0.0654. The van der Waals surface area contributed by atoms with Crippen molar-refractivity contribution >= 4 is 35.9 Å². The summed E-state index contributed by atoms with van der Waals surface area (Å²) in [7, 11) is 0.539. The van der Waals surface area contributed by atoms with Crippen molar-refractivity contribution in [2.24, 2.45) is 0 Å². The van der Waals surface area contributed by atoms with E-state index in [1.165, 1.54) is 10.4 Å². The maximum Gasteiger partial charge on any atom is 0.334 e. The second kappa shape index (κ2) is 17.3. The molecule has 1 aliphatic heterocycles. The topological polar surface area (TPSA) is 108 Å². The van der Waals surface area contributed by atoms with Gasteiger partial charge in [0.1, 0.15) is 17.2 Å². The molecule has 0 amide bonds. The van der Waals surface area contributed by atoms with Crippen molar-refractivity contribution in [1.82, 2.24) is 4.98 Å². The van der Waals surface area contributed by atoms with Gasteiger partial charge in [0, 0.05) is 25.3 Å². The zero-order chi connectivity index (χ0) is 38.1. The smallest absolute Gasteiger partial charge is 0.334 e. The largest absolute Gasteiger partial charge is 0.497 e. The molecule has 0 aliphatic carbocycles. The van der Waals surface area contributed by atoms with Crippen molar-refractivity contribution in [3.8, 4) is 11.5 Å². The minimum atomic E-state index is -2.71. The van der Waals surface area contributed by atoms with Gasteiger partial charge in [-0.25, -0.2) is 4.98 Å². The van der Waals surface area contributed by atoms with Gasteiger partial charge in [-0.05, 0) is 69.7 Å². The lowest BCUT2D eigenvalue weighted by atomic mass is 10.0. The Morgan fingerprint density at radius 1 is 0.815 bits per heavy atom. The Kier molecular flexibility index (Phi) is 12.3. The summed E-state index contributed by atoms with van der Waals surface area (Å²) in [6, 6.07) is 38.1. The number of aromatic nitrogens is 1. The molecule has 1 aromatic heterocycles. The third kappa shape index (κ3) is 8.76. The van der Waals surface area contributed by atoms with Gasteiger partial charge in [-0.1, -0.05) is 106 Å². The Morgan fingerprint density at radius 3 is 1.80 bits per heavy atom. The number of nitrogens with zero attached hydrogens (tertiary/aromatic N) is 3. The Morgan fingerprint density at radius 2 is 1.35 bits per heavy atom. The number of methoxy groups -OCH3 is 2. The van der Waals surface area contributed by atoms with E-state index in [1.807, 2.05) is 65.6 Å². The van der Waals surface area contributed by atoms with Crippen LogP contribution in [0, 0.1) is 10.1 Å². The second-order valence-corrected chi connectivity index (χ2v) is 19.0. The summed E-state index contributed by atoms with van der Waals surface area (Å²) in [6.07, 6.45) is 3.05. The lowest BCUT2D eigenvalue weighted by Gasteiger charge is -2.44. The fourth-order valence-corrected chi connectivity index (χ4v) is 11.9. The van der Waals surface area contributed by atoms with Gasteiger partial charge >= 0.3 is 5.69 Å². The number of benzene rings is 4. The number of hydrogen-bond acceptors (Lipinski definition) is 9.